The molecule has 0 aliphatic heterocycles. The Labute approximate surface area is 928 Å². The van der Waals surface area contributed by atoms with Crippen molar-refractivity contribution in [2.45, 2.75) is 242 Å². The summed E-state index contributed by atoms with van der Waals surface area (Å²) < 4.78 is 0. The summed E-state index contributed by atoms with van der Waals surface area (Å²) in [5.74, 6) is -0.312. The second kappa shape index (κ2) is 61.2. The van der Waals surface area contributed by atoms with Crippen molar-refractivity contribution < 1.29 is 150 Å². The number of aromatic nitrogens is 5. The number of aryl methyl sites for hydroxylation is 23. The largest absolute Gasteiger partial charge is 0.512 e. The van der Waals surface area contributed by atoms with Gasteiger partial charge in [-0.15, -0.1) is 174 Å². The predicted molar refractivity (Wildman–Crippen MR) is 584 cm³/mol. The van der Waals surface area contributed by atoms with Gasteiger partial charge in [0.1, 0.15) is 0 Å². The molecule has 0 unspecified atom stereocenters. The number of carbonyl (C=O) groups excluding carboxylic acids is 5. The number of benzene rings is 10. The van der Waals surface area contributed by atoms with Crippen molar-refractivity contribution in [1.29, 1.82) is 0 Å². The summed E-state index contributed by atoms with van der Waals surface area (Å²) in [5, 5.41) is 48.1. The molecular weight excluding hydrogens is 2690 g/mol. The number of pyridine rings is 5. The maximum Gasteiger partial charge on any atom is 0.155 e. The zero-order valence-corrected chi connectivity index (χ0v) is 102. The monoisotopic (exact) mass is 2840 g/mol. The summed E-state index contributed by atoms with van der Waals surface area (Å²) in [4.78, 5) is 74.5. The first-order chi connectivity index (χ1) is 65.4. The molecule has 0 saturated carbocycles. The minimum atomic E-state index is -0.125. The van der Waals surface area contributed by atoms with Gasteiger partial charge >= 0.3 is 0 Å². The van der Waals surface area contributed by atoms with Crippen LogP contribution in [0.1, 0.15) is 208 Å². The second-order valence-electron chi connectivity index (χ2n) is 37.0. The van der Waals surface area contributed by atoms with Crippen LogP contribution in [0, 0.1) is 203 Å². The summed E-state index contributed by atoms with van der Waals surface area (Å²) in [6.07, 6.45) is 5.83. The number of ketones is 5. The maximum atomic E-state index is 10.0. The molecule has 0 spiro atoms. The van der Waals surface area contributed by atoms with Gasteiger partial charge in [0.2, 0.25) is 0 Å². The van der Waals surface area contributed by atoms with E-state index in [0.29, 0.717) is 0 Å². The molecule has 15 nitrogen and oxygen atoms in total. The SMILES string of the molecule is CC(=O)C=C(C)O.CC(=O)C=C(C)O.CC(=O)C=C(C)O.CC(=O)C=C(C)O.CC(=O)C=C(C)O.Cc1[c-]c(-c2cc(C)c3c(C)c(C)ccc3n2)cc(C)c1.Cc1[c-]c(-c2cc(C)c3c(C)cc(C)cc3n2)cc(C)c1.Cc1[c-]c(-c2cc(C)c3cc(C)c(C)cc3n2)cc(C)c1.Cc1[c-]c(-c2nc3cc(C)ccc3c(C)c2C)cc(C)c1.Cc1[c-]c(-c2nc3ccc(C)cc3c(C)c2C)cc(C)c1.[Ir].[Ir].[Ir].[Ir].[Ir]. The summed E-state index contributed by atoms with van der Waals surface area (Å²) >= 11 is 0. The van der Waals surface area contributed by atoms with Crippen LogP contribution < -0.4 is 0 Å². The van der Waals surface area contributed by atoms with Gasteiger partial charge < -0.3 is 25.5 Å². The summed E-state index contributed by atoms with van der Waals surface area (Å²) in [6, 6.07) is 71.3. The van der Waals surface area contributed by atoms with Crippen molar-refractivity contribution in [3.05, 3.63) is 380 Å². The molecule has 0 bridgehead atoms. The average molecular weight is 2830 g/mol. The van der Waals surface area contributed by atoms with Crippen LogP contribution in [0.2, 0.25) is 0 Å². The van der Waals surface area contributed by atoms with Gasteiger partial charge in [-0.1, -0.05) is 134 Å². The van der Waals surface area contributed by atoms with Crippen LogP contribution in [0.15, 0.2) is 211 Å². The number of rotatable bonds is 10. The van der Waals surface area contributed by atoms with Crippen molar-refractivity contribution in [2.24, 2.45) is 0 Å². The Balaban J connectivity index is 0.000000830. The Morgan fingerprint density at radius 2 is 0.497 bits per heavy atom. The molecule has 0 aliphatic rings. The van der Waals surface area contributed by atoms with E-state index in [-0.39, 0.29) is 158 Å². The molecule has 15 aromatic rings. The van der Waals surface area contributed by atoms with Gasteiger partial charge in [0.25, 0.3) is 0 Å². The van der Waals surface area contributed by atoms with Gasteiger partial charge in [-0.25, -0.2) is 0 Å². The molecule has 15 rings (SSSR count). The van der Waals surface area contributed by atoms with Gasteiger partial charge in [-0.2, -0.15) is 0 Å². The van der Waals surface area contributed by atoms with E-state index in [1.165, 1.54) is 238 Å². The van der Waals surface area contributed by atoms with E-state index in [1.54, 1.807) is 0 Å². The number of nitrogens with zero attached hydrogens (tertiary/aromatic N) is 5. The second-order valence-corrected chi connectivity index (χ2v) is 37.0. The minimum absolute atomic E-state index is 0. The maximum absolute atomic E-state index is 10.0. The van der Waals surface area contributed by atoms with Gasteiger partial charge in [0.15, 0.2) is 28.9 Å². The molecule has 0 saturated heterocycles. The normalized spacial score (nSPS) is 10.8. The zero-order valence-electron chi connectivity index (χ0n) is 90.5. The molecule has 5 aromatic heterocycles. The molecule has 5 N–H and O–H groups in total. The number of fused-ring (bicyclic) bond motifs is 5. The van der Waals surface area contributed by atoms with Crippen LogP contribution in [0.25, 0.3) is 111 Å². The fraction of sp³-hybridized carbons (Fsp3) is 0.280. The first kappa shape index (κ1) is 132. The Morgan fingerprint density at radius 3 is 0.862 bits per heavy atom. The first-order valence-corrected chi connectivity index (χ1v) is 46.7. The van der Waals surface area contributed by atoms with Crippen LogP contribution in [-0.2, 0) is 124 Å². The Kier molecular flexibility index (Phi) is 55.6. The summed E-state index contributed by atoms with van der Waals surface area (Å²) in [6.45, 7) is 67.6. The van der Waals surface area contributed by atoms with Crippen LogP contribution in [0.5, 0.6) is 0 Å². The quantitative estimate of drug-likeness (QED) is 0.0485. The fourth-order valence-electron chi connectivity index (χ4n) is 16.3. The molecule has 5 radical (unpaired) electrons. The van der Waals surface area contributed by atoms with Crippen molar-refractivity contribution in [3.63, 3.8) is 0 Å². The van der Waals surface area contributed by atoms with Crippen LogP contribution in [0.4, 0.5) is 0 Å². The number of aliphatic hydroxyl groups excluding tert-OH is 5. The topological polar surface area (TPSA) is 251 Å². The van der Waals surface area contributed by atoms with Crippen LogP contribution >= 0.6 is 0 Å². The summed E-state index contributed by atoms with van der Waals surface area (Å²) in [5.41, 5.74) is 47.2. The van der Waals surface area contributed by atoms with Gasteiger partial charge in [0, 0.05) is 158 Å². The smallest absolute Gasteiger partial charge is 0.155 e. The van der Waals surface area contributed by atoms with Crippen LogP contribution in [0.3, 0.4) is 0 Å². The number of carbonyl (C=O) groups is 5. The molecule has 0 aliphatic carbocycles. The van der Waals surface area contributed by atoms with E-state index in [0.717, 1.165) is 112 Å². The van der Waals surface area contributed by atoms with E-state index in [1.807, 2.05) is 0 Å². The van der Waals surface area contributed by atoms with Gasteiger partial charge in [0.05, 0.1) is 56.4 Å². The minimum Gasteiger partial charge on any atom is -0.512 e. The fourth-order valence-corrected chi connectivity index (χ4v) is 16.3. The molecule has 5 heterocycles. The van der Waals surface area contributed by atoms with Crippen molar-refractivity contribution >= 4 is 83.4 Å². The first-order valence-electron chi connectivity index (χ1n) is 46.7. The van der Waals surface area contributed by atoms with E-state index in [2.05, 4.69) is 355 Å². The number of hydrogen-bond donors (Lipinski definition) is 5. The Hall–Kier alpha value is -11.5. The van der Waals surface area contributed by atoms with E-state index in [4.69, 9.17) is 50.5 Å². The average Bonchev–Trinajstić information content (AvgIpc) is 0.771. The van der Waals surface area contributed by atoms with E-state index >= 15 is 0 Å². The molecule has 0 atom stereocenters. The number of hydrogen-bond acceptors (Lipinski definition) is 15. The van der Waals surface area contributed by atoms with Crippen molar-refractivity contribution in [1.82, 2.24) is 24.9 Å². The molecule has 0 amide bonds. The van der Waals surface area contributed by atoms with Gasteiger partial charge in [-0.05, 0) is 311 Å². The number of aliphatic hydroxyl groups is 5. The van der Waals surface area contributed by atoms with E-state index in [9.17, 15) is 24.0 Å². The van der Waals surface area contributed by atoms with Crippen LogP contribution in [-0.4, -0.2) is 79.4 Å². The predicted octanol–water partition coefficient (Wildman–Crippen LogP) is 31.4. The molecule has 145 heavy (non-hydrogen) atoms. The molecule has 10 aromatic carbocycles. The number of allylic oxidation sites excluding steroid dienone is 10. The zero-order chi connectivity index (χ0) is 105. The molecule has 775 valence electrons. The summed E-state index contributed by atoms with van der Waals surface area (Å²) in [7, 11) is 0. The third-order valence-corrected chi connectivity index (χ3v) is 22.3. The van der Waals surface area contributed by atoms with Gasteiger partial charge in [-0.3, -0.25) is 48.9 Å². The van der Waals surface area contributed by atoms with Crippen molar-refractivity contribution in [2.75, 3.05) is 0 Å². The van der Waals surface area contributed by atoms with E-state index < -0.39 is 0 Å². The molecular formula is C125H140Ir5N5O10-5. The van der Waals surface area contributed by atoms with Crippen molar-refractivity contribution in [3.8, 4) is 56.3 Å². The Bertz CT molecular complexity index is 7000. The Morgan fingerprint density at radius 1 is 0.214 bits per heavy atom. The third-order valence-electron chi connectivity index (χ3n) is 22.3. The molecule has 20 heteroatoms. The third kappa shape index (κ3) is 42.1. The molecule has 0 fully saturated rings. The standard InChI is InChI=1S/5C20H20N.5C5H8O2.5Ir/c1-12-6-13(2)9-17(8-12)18-11-16(5)20-15(4)7-14(3)10-19(20)21-18;1-12-6-13(2)8-17(7-12)19-11-16(5)18-9-14(3)15(4)10-20(18)21-19;1-12-8-13(2)10-17(9-12)19-11-15(4)20-16(5)14(3)6-7-18(20)21-19;1-12-6-7-19-18(11-12)15(4)16(5)20(21-19)17-9-13(2)8-14(3)10-17;1-12-6-7-18-15(4)16(5)20(21-19(18)11-12)17-9-13(2)8-14(3)10-17;5*1-4(6)3-5(2)7;;;;;/h6-8,10-11H,1-5H3;6-7,9-11H,1-5H3;3*6-9,11H,1-5H3;5*3,6H,1-2H3;;;;;/q5*-1;;;;;;;;;;.